The first-order valence-corrected chi connectivity index (χ1v) is 7.82. The van der Waals surface area contributed by atoms with Gasteiger partial charge in [-0.05, 0) is 30.4 Å². The Bertz CT molecular complexity index is 854. The zero-order valence-electron chi connectivity index (χ0n) is 11.3. The Morgan fingerprint density at radius 3 is 3.10 bits per heavy atom. The van der Waals surface area contributed by atoms with Crippen LogP contribution in [0, 0.1) is 0 Å². The van der Waals surface area contributed by atoms with Gasteiger partial charge in [0.05, 0.1) is 6.04 Å². The van der Waals surface area contributed by atoms with Gasteiger partial charge in [-0.1, -0.05) is 35.6 Å². The van der Waals surface area contributed by atoms with Crippen LogP contribution in [0.3, 0.4) is 0 Å². The fourth-order valence-corrected chi connectivity index (χ4v) is 3.68. The molecule has 0 spiro atoms. The number of anilines is 1. The maximum absolute atomic E-state index is 11.7. The molecule has 2 heterocycles. The van der Waals surface area contributed by atoms with Crippen molar-refractivity contribution in [2.45, 2.75) is 25.3 Å². The second-order valence-electron chi connectivity index (χ2n) is 5.17. The molecule has 0 fully saturated rings. The molecule has 1 aliphatic carbocycles. The van der Waals surface area contributed by atoms with Crippen molar-refractivity contribution < 1.29 is 0 Å². The Morgan fingerprint density at radius 2 is 2.19 bits per heavy atom. The number of fused-ring (bicyclic) bond motifs is 2. The van der Waals surface area contributed by atoms with Crippen LogP contribution in [-0.4, -0.2) is 14.6 Å². The highest BCUT2D eigenvalue weighted by Gasteiger charge is 2.20. The van der Waals surface area contributed by atoms with Crippen molar-refractivity contribution in [1.29, 1.82) is 0 Å². The van der Waals surface area contributed by atoms with Gasteiger partial charge in [-0.15, -0.1) is 5.10 Å². The molecule has 1 aromatic carbocycles. The number of nitrogens with one attached hydrogen (secondary N) is 1. The van der Waals surface area contributed by atoms with Crippen LogP contribution < -0.4 is 10.9 Å². The molecule has 1 N–H and O–H groups in total. The molecule has 21 heavy (non-hydrogen) atoms. The van der Waals surface area contributed by atoms with Crippen LogP contribution >= 0.6 is 11.3 Å². The number of rotatable bonds is 2. The van der Waals surface area contributed by atoms with Gasteiger partial charge in [-0.25, -0.2) is 4.98 Å². The summed E-state index contributed by atoms with van der Waals surface area (Å²) in [5.74, 6) is 0. The number of aryl methyl sites for hydroxylation is 1. The van der Waals surface area contributed by atoms with Crippen LogP contribution in [0.2, 0.25) is 0 Å². The summed E-state index contributed by atoms with van der Waals surface area (Å²) >= 11 is 1.41. The molecule has 1 atom stereocenters. The average molecular weight is 298 g/mol. The molecule has 0 radical (unpaired) electrons. The number of nitrogens with zero attached hydrogens (tertiary/aromatic N) is 3. The van der Waals surface area contributed by atoms with Crippen molar-refractivity contribution in [3.63, 3.8) is 0 Å². The van der Waals surface area contributed by atoms with E-state index >= 15 is 0 Å². The van der Waals surface area contributed by atoms with Crippen LogP contribution in [-0.2, 0) is 6.42 Å². The van der Waals surface area contributed by atoms with Gasteiger partial charge in [0.2, 0.25) is 10.1 Å². The minimum absolute atomic E-state index is 0.145. The highest BCUT2D eigenvalue weighted by Crippen LogP contribution is 2.33. The molecule has 4 rings (SSSR count). The molecule has 0 aliphatic heterocycles. The largest absolute Gasteiger partial charge is 0.353 e. The van der Waals surface area contributed by atoms with Crippen molar-refractivity contribution in [2.24, 2.45) is 0 Å². The van der Waals surface area contributed by atoms with Crippen LogP contribution in [0.1, 0.15) is 30.0 Å². The van der Waals surface area contributed by atoms with E-state index in [1.54, 1.807) is 0 Å². The molecule has 2 aromatic heterocycles. The van der Waals surface area contributed by atoms with Crippen LogP contribution in [0.25, 0.3) is 4.96 Å². The van der Waals surface area contributed by atoms with E-state index in [0.29, 0.717) is 4.96 Å². The van der Waals surface area contributed by atoms with Crippen molar-refractivity contribution >= 4 is 21.4 Å². The van der Waals surface area contributed by atoms with Crippen LogP contribution in [0.4, 0.5) is 5.13 Å². The highest BCUT2D eigenvalue weighted by molar-refractivity contribution is 7.20. The third-order valence-corrected chi connectivity index (χ3v) is 4.69. The molecule has 0 bridgehead atoms. The maximum atomic E-state index is 11.7. The van der Waals surface area contributed by atoms with Crippen molar-refractivity contribution in [3.05, 3.63) is 58.0 Å². The first-order chi connectivity index (χ1) is 10.3. The fourth-order valence-electron chi connectivity index (χ4n) is 2.85. The monoisotopic (exact) mass is 298 g/mol. The highest BCUT2D eigenvalue weighted by atomic mass is 32.1. The van der Waals surface area contributed by atoms with Gasteiger partial charge in [-0.3, -0.25) is 4.79 Å². The summed E-state index contributed by atoms with van der Waals surface area (Å²) in [6.07, 6.45) is 4.90. The third kappa shape index (κ3) is 2.21. The SMILES string of the molecule is O=c1ccnc2sc(N[C@@H]3CCCc4ccccc43)nn12. The molecule has 0 saturated heterocycles. The van der Waals surface area contributed by atoms with Gasteiger partial charge >= 0.3 is 0 Å². The molecule has 0 amide bonds. The second kappa shape index (κ2) is 4.96. The molecule has 0 saturated carbocycles. The summed E-state index contributed by atoms with van der Waals surface area (Å²) in [6.45, 7) is 0. The second-order valence-corrected chi connectivity index (χ2v) is 6.13. The van der Waals surface area contributed by atoms with E-state index < -0.39 is 0 Å². The average Bonchev–Trinajstić information content (AvgIpc) is 2.92. The Kier molecular flexibility index (Phi) is 2.96. The number of benzene rings is 1. The Balaban J connectivity index is 1.69. The van der Waals surface area contributed by atoms with E-state index in [-0.39, 0.29) is 11.6 Å². The van der Waals surface area contributed by atoms with Crippen molar-refractivity contribution in [3.8, 4) is 0 Å². The lowest BCUT2D eigenvalue weighted by Gasteiger charge is -2.25. The summed E-state index contributed by atoms with van der Waals surface area (Å²) in [5.41, 5.74) is 2.59. The zero-order chi connectivity index (χ0) is 14.2. The standard InChI is InChI=1S/C15H14N4OS/c20-13-8-9-16-15-19(13)18-14(21-15)17-12-7-3-5-10-4-1-2-6-11(10)12/h1-2,4,6,8-9,12H,3,5,7H2,(H,17,18)/t12-/m1/s1. The predicted molar refractivity (Wildman–Crippen MR) is 82.9 cm³/mol. The quantitative estimate of drug-likeness (QED) is 0.790. The normalized spacial score (nSPS) is 17.6. The summed E-state index contributed by atoms with van der Waals surface area (Å²) in [4.78, 5) is 16.5. The molecule has 1 aliphatic rings. The summed E-state index contributed by atoms with van der Waals surface area (Å²) in [6, 6.07) is 10.2. The fraction of sp³-hybridized carbons (Fsp3) is 0.267. The van der Waals surface area contributed by atoms with E-state index in [9.17, 15) is 4.79 Å². The number of hydrogen-bond donors (Lipinski definition) is 1. The Morgan fingerprint density at radius 1 is 1.29 bits per heavy atom. The van der Waals surface area contributed by atoms with E-state index in [1.165, 1.54) is 39.2 Å². The Labute approximate surface area is 125 Å². The van der Waals surface area contributed by atoms with E-state index in [4.69, 9.17) is 0 Å². The predicted octanol–water partition coefficient (Wildman–Crippen LogP) is 2.64. The first-order valence-electron chi connectivity index (χ1n) is 7.00. The van der Waals surface area contributed by atoms with Crippen molar-refractivity contribution in [2.75, 3.05) is 5.32 Å². The zero-order valence-corrected chi connectivity index (χ0v) is 12.1. The van der Waals surface area contributed by atoms with Gasteiger partial charge in [0.1, 0.15) is 0 Å². The van der Waals surface area contributed by atoms with Crippen molar-refractivity contribution in [1.82, 2.24) is 14.6 Å². The smallest absolute Gasteiger partial charge is 0.275 e. The molecular formula is C15H14N4OS. The number of aromatic nitrogens is 3. The topological polar surface area (TPSA) is 59.3 Å². The molecule has 6 heteroatoms. The minimum Gasteiger partial charge on any atom is -0.353 e. The molecule has 3 aromatic rings. The molecule has 0 unspecified atom stereocenters. The van der Waals surface area contributed by atoms with E-state index in [1.807, 2.05) is 0 Å². The maximum Gasteiger partial charge on any atom is 0.275 e. The third-order valence-electron chi connectivity index (χ3n) is 3.84. The lowest BCUT2D eigenvalue weighted by molar-refractivity contribution is 0.599. The van der Waals surface area contributed by atoms with Gasteiger partial charge < -0.3 is 5.32 Å². The molecule has 5 nitrogen and oxygen atoms in total. The first kappa shape index (κ1) is 12.5. The minimum atomic E-state index is -0.145. The summed E-state index contributed by atoms with van der Waals surface area (Å²) < 4.78 is 1.35. The number of hydrogen-bond acceptors (Lipinski definition) is 5. The summed E-state index contributed by atoms with van der Waals surface area (Å²) in [7, 11) is 0. The lowest BCUT2D eigenvalue weighted by atomic mass is 9.88. The van der Waals surface area contributed by atoms with Crippen LogP contribution in [0.15, 0.2) is 41.3 Å². The van der Waals surface area contributed by atoms with E-state index in [0.717, 1.165) is 24.4 Å². The van der Waals surface area contributed by atoms with Gasteiger partial charge in [0.25, 0.3) is 5.56 Å². The Hall–Kier alpha value is -2.21. The van der Waals surface area contributed by atoms with Gasteiger partial charge in [-0.2, -0.15) is 4.52 Å². The molecular weight excluding hydrogens is 284 g/mol. The van der Waals surface area contributed by atoms with Gasteiger partial charge in [0, 0.05) is 12.3 Å². The lowest BCUT2D eigenvalue weighted by Crippen LogP contribution is -2.18. The van der Waals surface area contributed by atoms with Crippen LogP contribution in [0.5, 0.6) is 0 Å². The summed E-state index contributed by atoms with van der Waals surface area (Å²) in [5, 5.41) is 8.53. The van der Waals surface area contributed by atoms with Gasteiger partial charge in [0.15, 0.2) is 0 Å². The molecule has 106 valence electrons. The van der Waals surface area contributed by atoms with E-state index in [2.05, 4.69) is 39.7 Å².